The Morgan fingerprint density at radius 3 is 2.88 bits per heavy atom. The Balaban J connectivity index is 1.62. The number of carbonyl (C=O) groups is 1. The highest BCUT2D eigenvalue weighted by Crippen LogP contribution is 2.24. The maximum Gasteiger partial charge on any atom is 0.231 e. The first-order valence-electron chi connectivity index (χ1n) is 7.06. The molecule has 1 N–H and O–H groups in total. The molecule has 4 aromatic rings. The molecule has 0 bridgehead atoms. The summed E-state index contributed by atoms with van der Waals surface area (Å²) in [6, 6.07) is 10.5. The number of fused-ring (bicyclic) bond motifs is 3. The van der Waals surface area contributed by atoms with Crippen LogP contribution < -0.4 is 0 Å². The lowest BCUT2D eigenvalue weighted by molar-refractivity contribution is 0.101. The van der Waals surface area contributed by atoms with Gasteiger partial charge in [0.1, 0.15) is 11.6 Å². The van der Waals surface area contributed by atoms with Crippen LogP contribution >= 0.6 is 11.8 Å². The number of H-pyrrole nitrogens is 1. The van der Waals surface area contributed by atoms with Crippen molar-refractivity contribution in [2.45, 2.75) is 5.16 Å². The van der Waals surface area contributed by atoms with E-state index in [1.54, 1.807) is 4.40 Å². The molecule has 120 valence electrons. The summed E-state index contributed by atoms with van der Waals surface area (Å²) in [5.74, 6) is -1.46. The lowest BCUT2D eigenvalue weighted by atomic mass is 10.1. The molecule has 2 heterocycles. The van der Waals surface area contributed by atoms with Gasteiger partial charge in [-0.15, -0.1) is 5.10 Å². The molecule has 0 aliphatic rings. The molecule has 24 heavy (non-hydrogen) atoms. The molecular formula is C16H10F2N4OS. The molecule has 0 aliphatic heterocycles. The minimum absolute atomic E-state index is 0.0188. The van der Waals surface area contributed by atoms with Crippen LogP contribution in [-0.2, 0) is 0 Å². The average Bonchev–Trinajstić information content (AvgIpc) is 3.11. The Bertz CT molecular complexity index is 1070. The van der Waals surface area contributed by atoms with E-state index in [2.05, 4.69) is 15.2 Å². The molecule has 0 saturated carbocycles. The molecule has 2 aromatic carbocycles. The molecule has 0 unspecified atom stereocenters. The van der Waals surface area contributed by atoms with Gasteiger partial charge in [0.2, 0.25) is 5.78 Å². The molecule has 0 aliphatic carbocycles. The molecule has 4 rings (SSSR count). The number of benzene rings is 2. The number of carbonyl (C=O) groups excluding carboxylic acids is 1. The molecule has 0 fully saturated rings. The summed E-state index contributed by atoms with van der Waals surface area (Å²) in [5, 5.41) is 7.50. The van der Waals surface area contributed by atoms with E-state index in [-0.39, 0.29) is 11.3 Å². The van der Waals surface area contributed by atoms with Gasteiger partial charge >= 0.3 is 0 Å². The Morgan fingerprint density at radius 1 is 1.21 bits per heavy atom. The van der Waals surface area contributed by atoms with Gasteiger partial charge in [0.15, 0.2) is 10.9 Å². The number of nitrogens with zero attached hydrogens (tertiary/aromatic N) is 3. The predicted octanol–water partition coefficient (Wildman–Crippen LogP) is 3.46. The fourth-order valence-electron chi connectivity index (χ4n) is 2.46. The van der Waals surface area contributed by atoms with E-state index in [4.69, 9.17) is 0 Å². The molecule has 2 aromatic heterocycles. The van der Waals surface area contributed by atoms with E-state index in [9.17, 15) is 13.6 Å². The standard InChI is InChI=1S/C16H10F2N4OS/c17-9-5-6-10(11(18)7-9)14(23)8-24-16-21-20-15-19-12-3-1-2-4-13(12)22(15)16/h1-7H,8H2,(H,19,20). The SMILES string of the molecule is O=C(CSc1n[nH]c2nc3ccccc3n12)c1ccc(F)cc1F. The van der Waals surface area contributed by atoms with Gasteiger partial charge in [-0.3, -0.25) is 9.20 Å². The summed E-state index contributed by atoms with van der Waals surface area (Å²) in [6.07, 6.45) is 0. The van der Waals surface area contributed by atoms with Crippen molar-refractivity contribution in [1.82, 2.24) is 19.6 Å². The van der Waals surface area contributed by atoms with Crippen LogP contribution in [-0.4, -0.2) is 31.1 Å². The Kier molecular flexibility index (Phi) is 3.53. The van der Waals surface area contributed by atoms with Crippen LogP contribution in [0.25, 0.3) is 16.8 Å². The van der Waals surface area contributed by atoms with Gasteiger partial charge in [0, 0.05) is 6.07 Å². The van der Waals surface area contributed by atoms with Crippen LogP contribution in [0.2, 0.25) is 0 Å². The summed E-state index contributed by atoms with van der Waals surface area (Å²) >= 11 is 1.16. The van der Waals surface area contributed by atoms with Gasteiger partial charge in [-0.25, -0.2) is 18.9 Å². The Hall–Kier alpha value is -2.74. The summed E-state index contributed by atoms with van der Waals surface area (Å²) in [4.78, 5) is 16.6. The van der Waals surface area contributed by atoms with Crippen molar-refractivity contribution in [3.63, 3.8) is 0 Å². The first-order chi connectivity index (χ1) is 11.6. The van der Waals surface area contributed by atoms with Crippen molar-refractivity contribution in [2.75, 3.05) is 5.75 Å². The molecule has 0 amide bonds. The van der Waals surface area contributed by atoms with Crippen LogP contribution in [0.4, 0.5) is 8.78 Å². The lowest BCUT2D eigenvalue weighted by Crippen LogP contribution is -2.06. The number of aromatic nitrogens is 4. The minimum atomic E-state index is -0.860. The highest BCUT2D eigenvalue weighted by Gasteiger charge is 2.16. The number of Topliss-reactive ketones (excluding diaryl/α,β-unsaturated/α-hetero) is 1. The topological polar surface area (TPSA) is 63.0 Å². The number of hydrogen-bond donors (Lipinski definition) is 1. The number of thioether (sulfide) groups is 1. The zero-order valence-corrected chi connectivity index (χ0v) is 13.0. The number of hydrogen-bond acceptors (Lipinski definition) is 4. The van der Waals surface area contributed by atoms with Gasteiger partial charge in [-0.05, 0) is 24.3 Å². The summed E-state index contributed by atoms with van der Waals surface area (Å²) in [7, 11) is 0. The molecule has 0 radical (unpaired) electrons. The minimum Gasteiger partial charge on any atom is -0.293 e. The first kappa shape index (κ1) is 14.8. The van der Waals surface area contributed by atoms with E-state index in [1.165, 1.54) is 0 Å². The fourth-order valence-corrected chi connectivity index (χ4v) is 3.30. The van der Waals surface area contributed by atoms with E-state index >= 15 is 0 Å². The Morgan fingerprint density at radius 2 is 2.04 bits per heavy atom. The van der Waals surface area contributed by atoms with E-state index < -0.39 is 17.4 Å². The van der Waals surface area contributed by atoms with Crippen LogP contribution in [0.3, 0.4) is 0 Å². The maximum atomic E-state index is 13.7. The maximum absolute atomic E-state index is 13.7. The van der Waals surface area contributed by atoms with Crippen molar-refractivity contribution in [3.8, 4) is 0 Å². The average molecular weight is 344 g/mol. The number of rotatable bonds is 4. The summed E-state index contributed by atoms with van der Waals surface area (Å²) in [5.41, 5.74) is 1.54. The third-order valence-electron chi connectivity index (χ3n) is 3.57. The van der Waals surface area contributed by atoms with Crippen LogP contribution in [0.15, 0.2) is 47.6 Å². The number of ketones is 1. The third-order valence-corrected chi connectivity index (χ3v) is 4.51. The van der Waals surface area contributed by atoms with Gasteiger partial charge in [-0.1, -0.05) is 23.9 Å². The molecule has 0 atom stereocenters. The number of para-hydroxylation sites is 2. The van der Waals surface area contributed by atoms with Crippen molar-refractivity contribution in [1.29, 1.82) is 0 Å². The summed E-state index contributed by atoms with van der Waals surface area (Å²) < 4.78 is 28.4. The normalized spacial score (nSPS) is 11.4. The zero-order chi connectivity index (χ0) is 16.7. The van der Waals surface area contributed by atoms with Gasteiger partial charge in [0.05, 0.1) is 22.3 Å². The number of aromatic amines is 1. The predicted molar refractivity (Wildman–Crippen MR) is 86.3 cm³/mol. The second-order valence-corrected chi connectivity index (χ2v) is 6.04. The van der Waals surface area contributed by atoms with Crippen molar-refractivity contribution < 1.29 is 13.6 Å². The quantitative estimate of drug-likeness (QED) is 0.455. The van der Waals surface area contributed by atoms with E-state index in [0.717, 1.165) is 34.9 Å². The second kappa shape index (κ2) is 5.72. The van der Waals surface area contributed by atoms with Crippen molar-refractivity contribution >= 4 is 34.4 Å². The van der Waals surface area contributed by atoms with Crippen LogP contribution in [0.1, 0.15) is 10.4 Å². The largest absolute Gasteiger partial charge is 0.293 e. The zero-order valence-electron chi connectivity index (χ0n) is 12.2. The van der Waals surface area contributed by atoms with Gasteiger partial charge in [0.25, 0.3) is 0 Å². The number of nitrogens with one attached hydrogen (secondary N) is 1. The fraction of sp³-hybridized carbons (Fsp3) is 0.0625. The van der Waals surface area contributed by atoms with E-state index in [1.807, 2.05) is 24.3 Å². The van der Waals surface area contributed by atoms with Crippen LogP contribution in [0, 0.1) is 11.6 Å². The highest BCUT2D eigenvalue weighted by atomic mass is 32.2. The molecule has 0 spiro atoms. The smallest absolute Gasteiger partial charge is 0.231 e. The Labute approximate surface area is 138 Å². The molecule has 0 saturated heterocycles. The number of imidazole rings is 1. The summed E-state index contributed by atoms with van der Waals surface area (Å²) in [6.45, 7) is 0. The van der Waals surface area contributed by atoms with Gasteiger partial charge < -0.3 is 0 Å². The number of halogens is 2. The molecule has 8 heteroatoms. The monoisotopic (exact) mass is 344 g/mol. The highest BCUT2D eigenvalue weighted by molar-refractivity contribution is 7.99. The molecular weight excluding hydrogens is 334 g/mol. The first-order valence-corrected chi connectivity index (χ1v) is 8.04. The second-order valence-electron chi connectivity index (χ2n) is 5.10. The van der Waals surface area contributed by atoms with Crippen LogP contribution in [0.5, 0.6) is 0 Å². The van der Waals surface area contributed by atoms with Crippen molar-refractivity contribution in [2.24, 2.45) is 0 Å². The van der Waals surface area contributed by atoms with Gasteiger partial charge in [-0.2, -0.15) is 0 Å². The third kappa shape index (κ3) is 2.44. The van der Waals surface area contributed by atoms with E-state index in [0.29, 0.717) is 17.0 Å². The van der Waals surface area contributed by atoms with Crippen molar-refractivity contribution in [3.05, 3.63) is 59.7 Å². The lowest BCUT2D eigenvalue weighted by Gasteiger charge is -2.02. The molecule has 5 nitrogen and oxygen atoms in total.